The van der Waals surface area contributed by atoms with Crippen molar-refractivity contribution in [1.29, 1.82) is 0 Å². The molecule has 5 nitrogen and oxygen atoms in total. The number of rotatable bonds is 1. The average Bonchev–Trinajstić information content (AvgIpc) is 3.22. The summed E-state index contributed by atoms with van der Waals surface area (Å²) in [5.41, 5.74) is 0.190. The van der Waals surface area contributed by atoms with E-state index < -0.39 is 5.72 Å². The lowest BCUT2D eigenvalue weighted by atomic mass is 9.44. The zero-order valence-corrected chi connectivity index (χ0v) is 22.0. The molecule has 0 bridgehead atoms. The first-order valence-electron chi connectivity index (χ1n) is 14.4. The van der Waals surface area contributed by atoms with Crippen LogP contribution in [-0.4, -0.2) is 41.7 Å². The normalized spacial score (nSPS) is 58.5. The SMILES string of the molecule is CC(=O)OC1CC(C)CNC12OC1CC3C4CCC5CC(O)CCC5(C)C4CCC3(C)C1C2C. The molecule has 2 aliphatic heterocycles. The summed E-state index contributed by atoms with van der Waals surface area (Å²) in [5, 5.41) is 14.1. The van der Waals surface area contributed by atoms with Crippen molar-refractivity contribution in [3.8, 4) is 0 Å². The second kappa shape index (κ2) is 7.92. The van der Waals surface area contributed by atoms with Gasteiger partial charge in [-0.3, -0.25) is 10.1 Å². The van der Waals surface area contributed by atoms with E-state index in [1.54, 1.807) is 0 Å². The Kier molecular flexibility index (Phi) is 5.53. The Hall–Kier alpha value is -0.650. The fourth-order valence-corrected chi connectivity index (χ4v) is 10.9. The summed E-state index contributed by atoms with van der Waals surface area (Å²) in [6, 6.07) is 0. The van der Waals surface area contributed by atoms with Crippen LogP contribution in [0.1, 0.15) is 92.4 Å². The molecule has 192 valence electrons. The van der Waals surface area contributed by atoms with Crippen LogP contribution < -0.4 is 5.32 Å². The van der Waals surface area contributed by atoms with E-state index >= 15 is 0 Å². The number of piperidine rings is 1. The first kappa shape index (κ1) is 23.7. The fourth-order valence-electron chi connectivity index (χ4n) is 10.9. The van der Waals surface area contributed by atoms with Gasteiger partial charge in [-0.15, -0.1) is 0 Å². The van der Waals surface area contributed by atoms with Crippen molar-refractivity contribution >= 4 is 5.97 Å². The van der Waals surface area contributed by atoms with E-state index in [0.717, 1.165) is 43.6 Å². The third-order valence-corrected chi connectivity index (χ3v) is 12.4. The first-order chi connectivity index (χ1) is 16.1. The number of hydrogen-bond donors (Lipinski definition) is 2. The van der Waals surface area contributed by atoms with E-state index in [2.05, 4.69) is 33.0 Å². The molecule has 13 atom stereocenters. The molecule has 4 saturated carbocycles. The molecule has 5 heteroatoms. The van der Waals surface area contributed by atoms with Gasteiger partial charge in [-0.2, -0.15) is 0 Å². The Balaban J connectivity index is 1.27. The van der Waals surface area contributed by atoms with E-state index in [-0.39, 0.29) is 24.3 Å². The predicted octanol–water partition coefficient (Wildman–Crippen LogP) is 4.91. The molecule has 0 amide bonds. The topological polar surface area (TPSA) is 67.8 Å². The molecule has 2 heterocycles. The van der Waals surface area contributed by atoms with Crippen LogP contribution in [0.5, 0.6) is 0 Å². The van der Waals surface area contributed by atoms with E-state index in [9.17, 15) is 9.90 Å². The minimum Gasteiger partial charge on any atom is -0.458 e. The molecular weight excluding hydrogens is 426 g/mol. The third-order valence-electron chi connectivity index (χ3n) is 12.4. The van der Waals surface area contributed by atoms with Crippen molar-refractivity contribution < 1.29 is 19.4 Å². The molecule has 4 aliphatic carbocycles. The molecule has 34 heavy (non-hydrogen) atoms. The molecule has 0 radical (unpaired) electrons. The number of aliphatic hydroxyl groups excluding tert-OH is 1. The van der Waals surface area contributed by atoms with Gasteiger partial charge in [0.1, 0.15) is 6.10 Å². The van der Waals surface area contributed by atoms with Crippen LogP contribution in [0.15, 0.2) is 0 Å². The molecule has 0 aromatic heterocycles. The van der Waals surface area contributed by atoms with Crippen LogP contribution in [0.2, 0.25) is 0 Å². The summed E-state index contributed by atoms with van der Waals surface area (Å²) in [6.45, 7) is 12.2. The first-order valence-corrected chi connectivity index (χ1v) is 14.4. The van der Waals surface area contributed by atoms with Gasteiger partial charge in [-0.05, 0) is 104 Å². The Morgan fingerprint density at radius 3 is 2.53 bits per heavy atom. The van der Waals surface area contributed by atoms with Crippen molar-refractivity contribution in [2.45, 2.75) is 116 Å². The Labute approximate surface area is 206 Å². The Bertz CT molecular complexity index is 833. The van der Waals surface area contributed by atoms with Gasteiger partial charge in [0.15, 0.2) is 5.72 Å². The van der Waals surface area contributed by atoms with Crippen molar-refractivity contribution in [2.75, 3.05) is 6.54 Å². The minimum atomic E-state index is -0.526. The Morgan fingerprint density at radius 1 is 1.00 bits per heavy atom. The molecule has 2 saturated heterocycles. The second-order valence-electron chi connectivity index (χ2n) is 13.9. The lowest BCUT2D eigenvalue weighted by Gasteiger charge is -2.61. The zero-order chi connectivity index (χ0) is 24.0. The standard InChI is InChI=1S/C29H47NO4/c1-16-12-25(33-18(3)31)29(30-15-16)17(2)26-24(34-29)14-23-21-7-6-19-13-20(32)8-10-27(19,4)22(21)9-11-28(23,26)5/h16-17,19-26,30,32H,6-15H2,1-5H3. The fraction of sp³-hybridized carbons (Fsp3) is 0.966. The molecule has 13 unspecified atom stereocenters. The van der Waals surface area contributed by atoms with E-state index in [1.807, 2.05) is 0 Å². The molecule has 0 aromatic carbocycles. The summed E-state index contributed by atoms with van der Waals surface area (Å²) in [6.07, 6.45) is 10.5. The largest absolute Gasteiger partial charge is 0.458 e. The van der Waals surface area contributed by atoms with Gasteiger partial charge in [0.25, 0.3) is 0 Å². The number of ether oxygens (including phenoxy) is 2. The summed E-state index contributed by atoms with van der Waals surface area (Å²) in [7, 11) is 0. The average molecular weight is 474 g/mol. The highest BCUT2D eigenvalue weighted by Crippen LogP contribution is 2.71. The smallest absolute Gasteiger partial charge is 0.303 e. The van der Waals surface area contributed by atoms with Crippen LogP contribution in [0.3, 0.4) is 0 Å². The maximum atomic E-state index is 12.0. The van der Waals surface area contributed by atoms with Gasteiger partial charge >= 0.3 is 5.97 Å². The Morgan fingerprint density at radius 2 is 1.76 bits per heavy atom. The van der Waals surface area contributed by atoms with Gasteiger partial charge in [-0.1, -0.05) is 27.7 Å². The van der Waals surface area contributed by atoms with Crippen LogP contribution in [-0.2, 0) is 14.3 Å². The zero-order valence-electron chi connectivity index (χ0n) is 22.0. The highest BCUT2D eigenvalue weighted by molar-refractivity contribution is 5.66. The minimum absolute atomic E-state index is 0.0735. The molecule has 6 rings (SSSR count). The molecule has 0 aromatic rings. The maximum absolute atomic E-state index is 12.0. The lowest BCUT2D eigenvalue weighted by molar-refractivity contribution is -0.201. The number of carbonyl (C=O) groups excluding carboxylic acids is 1. The third kappa shape index (κ3) is 3.18. The van der Waals surface area contributed by atoms with Gasteiger partial charge in [-0.25, -0.2) is 0 Å². The predicted molar refractivity (Wildman–Crippen MR) is 131 cm³/mol. The van der Waals surface area contributed by atoms with Crippen molar-refractivity contribution in [3.63, 3.8) is 0 Å². The van der Waals surface area contributed by atoms with Crippen LogP contribution in [0.4, 0.5) is 0 Å². The molecule has 2 N–H and O–H groups in total. The van der Waals surface area contributed by atoms with Crippen LogP contribution in [0.25, 0.3) is 0 Å². The lowest BCUT2D eigenvalue weighted by Crippen LogP contribution is -2.65. The molecule has 1 spiro atoms. The number of esters is 1. The van der Waals surface area contributed by atoms with Gasteiger partial charge in [0.05, 0.1) is 12.2 Å². The van der Waals surface area contributed by atoms with Gasteiger partial charge in [0, 0.05) is 19.4 Å². The monoisotopic (exact) mass is 473 g/mol. The highest BCUT2D eigenvalue weighted by atomic mass is 16.6. The number of carbonyl (C=O) groups is 1. The summed E-state index contributed by atoms with van der Waals surface area (Å²) in [4.78, 5) is 12.0. The van der Waals surface area contributed by atoms with E-state index in [4.69, 9.17) is 9.47 Å². The number of fused-ring (bicyclic) bond motifs is 7. The van der Waals surface area contributed by atoms with Crippen molar-refractivity contribution in [3.05, 3.63) is 0 Å². The summed E-state index contributed by atoms with van der Waals surface area (Å²) >= 11 is 0. The number of nitrogens with one attached hydrogen (secondary N) is 1. The summed E-state index contributed by atoms with van der Waals surface area (Å²) in [5.74, 6) is 4.20. The number of aliphatic hydroxyl groups is 1. The van der Waals surface area contributed by atoms with Crippen LogP contribution in [0, 0.1) is 52.3 Å². The number of hydrogen-bond acceptors (Lipinski definition) is 5. The van der Waals surface area contributed by atoms with E-state index in [1.165, 1.54) is 45.4 Å². The summed E-state index contributed by atoms with van der Waals surface area (Å²) < 4.78 is 13.0. The molecular formula is C29H47NO4. The second-order valence-corrected chi connectivity index (χ2v) is 13.9. The molecule has 6 aliphatic rings. The highest BCUT2D eigenvalue weighted by Gasteiger charge is 2.70. The van der Waals surface area contributed by atoms with Gasteiger partial charge in [0.2, 0.25) is 0 Å². The van der Waals surface area contributed by atoms with E-state index in [0.29, 0.717) is 34.5 Å². The molecule has 6 fully saturated rings. The van der Waals surface area contributed by atoms with Crippen LogP contribution >= 0.6 is 0 Å². The quantitative estimate of drug-likeness (QED) is 0.530. The van der Waals surface area contributed by atoms with Gasteiger partial charge < -0.3 is 14.6 Å². The maximum Gasteiger partial charge on any atom is 0.303 e. The van der Waals surface area contributed by atoms with Crippen molar-refractivity contribution in [1.82, 2.24) is 5.32 Å². The van der Waals surface area contributed by atoms with Crippen molar-refractivity contribution in [2.24, 2.45) is 52.3 Å².